The summed E-state index contributed by atoms with van der Waals surface area (Å²) in [7, 11) is -4.59. The van der Waals surface area contributed by atoms with E-state index >= 15 is 0 Å². The first-order valence-electron chi connectivity index (χ1n) is 20.2. The summed E-state index contributed by atoms with van der Waals surface area (Å²) >= 11 is 5.37. The van der Waals surface area contributed by atoms with Crippen molar-refractivity contribution in [2.75, 3.05) is 31.1 Å². The average molecular weight is 817 g/mol. The van der Waals surface area contributed by atoms with Gasteiger partial charge < -0.3 is 24.8 Å². The van der Waals surface area contributed by atoms with Crippen LogP contribution in [0.4, 0.5) is 11.4 Å². The van der Waals surface area contributed by atoms with E-state index in [1.807, 2.05) is 12.1 Å². The molecule has 0 radical (unpaired) electrons. The fraction of sp³-hybridized carbons (Fsp3) is 0.375. The third-order valence-electron chi connectivity index (χ3n) is 11.5. The largest absolute Gasteiger partial charge is 0.744 e. The van der Waals surface area contributed by atoms with Crippen molar-refractivity contribution in [1.82, 2.24) is 10.6 Å². The van der Waals surface area contributed by atoms with Crippen molar-refractivity contribution in [2.45, 2.75) is 96.8 Å². The van der Waals surface area contributed by atoms with Crippen LogP contribution in [0.5, 0.6) is 5.75 Å². The number of nitrogens with zero attached hydrogens (tertiary/aromatic N) is 2. The SMILES string of the molecule is CC#CCNC(=S)NCCc1ccc(OC2=C(/C=C/C3=[N+](CC)c4ccc(S(=O)(=O)[O-])cc4C3(C)C)CCCC2=C/C=C2/N(CC)c3ccc(C)cc3C2(C)C)cc1. The Morgan fingerprint density at radius 2 is 1.72 bits per heavy atom. The van der Waals surface area contributed by atoms with Gasteiger partial charge in [-0.1, -0.05) is 55.7 Å². The highest BCUT2D eigenvalue weighted by Crippen LogP contribution is 2.48. The number of hydrogen-bond donors (Lipinski definition) is 2. The first kappa shape index (κ1) is 42.7. The topological polar surface area (TPSA) is 96.7 Å². The average Bonchev–Trinajstić information content (AvgIpc) is 3.54. The summed E-state index contributed by atoms with van der Waals surface area (Å²) in [6.07, 6.45) is 12.4. The molecule has 0 atom stereocenters. The van der Waals surface area contributed by atoms with Gasteiger partial charge in [0.2, 0.25) is 5.69 Å². The quantitative estimate of drug-likeness (QED) is 0.0810. The lowest BCUT2D eigenvalue weighted by Gasteiger charge is -2.26. The molecular formula is C48H56N4O4S2. The molecule has 2 aliphatic heterocycles. The van der Waals surface area contributed by atoms with Crippen LogP contribution in [0.3, 0.4) is 0 Å². The van der Waals surface area contributed by atoms with Gasteiger partial charge in [-0.2, -0.15) is 4.58 Å². The maximum Gasteiger partial charge on any atom is 0.209 e. The Bertz CT molecular complexity index is 2420. The second kappa shape index (κ2) is 17.5. The van der Waals surface area contributed by atoms with Crippen LogP contribution in [0.15, 0.2) is 112 Å². The molecule has 0 amide bonds. The highest BCUT2D eigenvalue weighted by atomic mass is 32.2. The summed E-state index contributed by atoms with van der Waals surface area (Å²) in [6.45, 7) is 19.8. The fourth-order valence-electron chi connectivity index (χ4n) is 8.43. The van der Waals surface area contributed by atoms with Crippen LogP contribution in [0.25, 0.3) is 0 Å². The van der Waals surface area contributed by atoms with Gasteiger partial charge >= 0.3 is 0 Å². The molecule has 3 aromatic rings. The lowest BCUT2D eigenvalue weighted by molar-refractivity contribution is -0.433. The number of aryl methyl sites for hydroxylation is 1. The van der Waals surface area contributed by atoms with Crippen LogP contribution in [-0.2, 0) is 27.4 Å². The van der Waals surface area contributed by atoms with E-state index in [1.165, 1.54) is 34.1 Å². The molecule has 0 aromatic heterocycles. The maximum atomic E-state index is 12.0. The van der Waals surface area contributed by atoms with Crippen LogP contribution in [-0.4, -0.2) is 54.5 Å². The van der Waals surface area contributed by atoms with Gasteiger partial charge in [0.1, 0.15) is 28.2 Å². The Hall–Kier alpha value is -4.95. The lowest BCUT2D eigenvalue weighted by Crippen LogP contribution is -2.36. The summed E-state index contributed by atoms with van der Waals surface area (Å²) < 4.78 is 45.1. The number of ether oxygens (including phenoxy) is 1. The van der Waals surface area contributed by atoms with Gasteiger partial charge in [0.25, 0.3) is 0 Å². The number of nitrogens with one attached hydrogen (secondary N) is 2. The molecule has 3 aliphatic rings. The molecule has 2 N–H and O–H groups in total. The molecule has 58 heavy (non-hydrogen) atoms. The van der Waals surface area contributed by atoms with Crippen LogP contribution < -0.4 is 20.3 Å². The van der Waals surface area contributed by atoms with Crippen molar-refractivity contribution in [3.05, 3.63) is 130 Å². The van der Waals surface area contributed by atoms with Gasteiger partial charge in [-0.3, -0.25) is 0 Å². The van der Waals surface area contributed by atoms with Crippen molar-refractivity contribution in [3.63, 3.8) is 0 Å². The van der Waals surface area contributed by atoms with Crippen molar-refractivity contribution < 1.29 is 22.3 Å². The third kappa shape index (κ3) is 8.87. The van der Waals surface area contributed by atoms with Crippen molar-refractivity contribution in [2.24, 2.45) is 0 Å². The predicted octanol–water partition coefficient (Wildman–Crippen LogP) is 9.03. The lowest BCUT2D eigenvalue weighted by atomic mass is 9.81. The van der Waals surface area contributed by atoms with E-state index in [9.17, 15) is 13.0 Å². The molecule has 0 saturated heterocycles. The van der Waals surface area contributed by atoms with Gasteiger partial charge in [-0.15, -0.1) is 5.92 Å². The normalized spacial score (nSPS) is 18.4. The number of benzene rings is 3. The van der Waals surface area contributed by atoms with Crippen LogP contribution >= 0.6 is 12.2 Å². The molecule has 8 nitrogen and oxygen atoms in total. The zero-order valence-electron chi connectivity index (χ0n) is 35.1. The van der Waals surface area contributed by atoms with Crippen molar-refractivity contribution >= 4 is 44.5 Å². The number of rotatable bonds is 12. The number of likely N-dealkylation sites (N-methyl/N-ethyl adjacent to an activating group) is 1. The van der Waals surface area contributed by atoms with E-state index in [1.54, 1.807) is 19.1 Å². The Morgan fingerprint density at radius 3 is 2.41 bits per heavy atom. The molecular weight excluding hydrogens is 761 g/mol. The number of fused-ring (bicyclic) bond motifs is 2. The van der Waals surface area contributed by atoms with Crippen LogP contribution in [0.1, 0.15) is 90.0 Å². The molecule has 6 rings (SSSR count). The standard InChI is InChI=1S/C48H56N4O4S2/c1-9-12-29-49-46(57)50-30-28-34-17-21-37(22-18-34)56-45-35(19-26-43-47(5,6)39-31-33(4)16-24-41(39)51(43)10-2)14-13-15-36(45)20-27-44-48(7,8)40-32-38(58(53,54)55)23-25-42(40)52(44)11-3/h16-27,31-32H,10-11,13-15,28-30H2,1-8H3,(H2-,49,50,53,54,55,57). The first-order valence-corrected chi connectivity index (χ1v) is 22.1. The summed E-state index contributed by atoms with van der Waals surface area (Å²) in [5.74, 6) is 7.43. The molecule has 3 aromatic carbocycles. The number of hydrogen-bond acceptors (Lipinski definition) is 6. The van der Waals surface area contributed by atoms with Crippen LogP contribution in [0.2, 0.25) is 0 Å². The smallest absolute Gasteiger partial charge is 0.209 e. The molecule has 0 saturated carbocycles. The van der Waals surface area contributed by atoms with E-state index in [0.717, 1.165) is 71.8 Å². The summed E-state index contributed by atoms with van der Waals surface area (Å²) in [4.78, 5) is 2.22. The summed E-state index contributed by atoms with van der Waals surface area (Å²) in [5, 5.41) is 6.94. The third-order valence-corrected chi connectivity index (χ3v) is 12.7. The zero-order valence-corrected chi connectivity index (χ0v) is 36.7. The summed E-state index contributed by atoms with van der Waals surface area (Å²) in [5.41, 5.74) is 10.6. The van der Waals surface area contributed by atoms with E-state index in [-0.39, 0.29) is 10.3 Å². The Labute approximate surface area is 351 Å². The minimum atomic E-state index is -4.59. The van der Waals surface area contributed by atoms with E-state index in [2.05, 4.69) is 135 Å². The number of thiocarbonyl (C=S) groups is 1. The van der Waals surface area contributed by atoms with Crippen LogP contribution in [0, 0.1) is 18.8 Å². The predicted molar refractivity (Wildman–Crippen MR) is 239 cm³/mol. The molecule has 0 spiro atoms. The minimum absolute atomic E-state index is 0.167. The van der Waals surface area contributed by atoms with Gasteiger partial charge in [0.15, 0.2) is 10.8 Å². The highest BCUT2D eigenvalue weighted by molar-refractivity contribution is 7.85. The molecule has 0 unspecified atom stereocenters. The monoisotopic (exact) mass is 816 g/mol. The molecule has 0 bridgehead atoms. The second-order valence-electron chi connectivity index (χ2n) is 16.1. The Balaban J connectivity index is 1.36. The van der Waals surface area contributed by atoms with Gasteiger partial charge in [0, 0.05) is 47.6 Å². The second-order valence-corrected chi connectivity index (χ2v) is 17.9. The Kier molecular flexibility index (Phi) is 12.9. The number of anilines is 1. The molecule has 1 aliphatic carbocycles. The Morgan fingerprint density at radius 1 is 0.966 bits per heavy atom. The molecule has 304 valence electrons. The van der Waals surface area contributed by atoms with E-state index < -0.39 is 15.5 Å². The van der Waals surface area contributed by atoms with Crippen molar-refractivity contribution in [3.8, 4) is 17.6 Å². The van der Waals surface area contributed by atoms with Gasteiger partial charge in [0.05, 0.1) is 16.9 Å². The highest BCUT2D eigenvalue weighted by Gasteiger charge is 2.44. The van der Waals surface area contributed by atoms with Gasteiger partial charge in [-0.25, -0.2) is 8.42 Å². The van der Waals surface area contributed by atoms with E-state index in [0.29, 0.717) is 24.7 Å². The fourth-order valence-corrected chi connectivity index (χ4v) is 9.10. The van der Waals surface area contributed by atoms with E-state index in [4.69, 9.17) is 17.0 Å². The minimum Gasteiger partial charge on any atom is -0.744 e. The maximum absolute atomic E-state index is 12.0. The van der Waals surface area contributed by atoms with Gasteiger partial charge in [-0.05, 0) is 144 Å². The summed E-state index contributed by atoms with van der Waals surface area (Å²) in [6, 6.07) is 19.7. The zero-order chi connectivity index (χ0) is 41.8. The molecule has 0 fully saturated rings. The first-order chi connectivity index (χ1) is 27.6. The molecule has 10 heteroatoms. The molecule has 2 heterocycles. The number of allylic oxidation sites excluding steroid dienone is 7. The van der Waals surface area contributed by atoms with Crippen molar-refractivity contribution in [1.29, 1.82) is 0 Å².